The maximum absolute atomic E-state index is 12.3. The molecule has 1 rings (SSSR count). The number of likely N-dealkylation sites (N-methyl/N-ethyl adjacent to an activating group) is 1. The monoisotopic (exact) mass is 300 g/mol. The number of benzene rings is 1. The Morgan fingerprint density at radius 1 is 1.25 bits per heavy atom. The van der Waals surface area contributed by atoms with Gasteiger partial charge >= 0.3 is 5.97 Å². The van der Waals surface area contributed by atoms with E-state index in [-0.39, 0.29) is 10.5 Å². The second-order valence-electron chi connectivity index (χ2n) is 4.47. The number of hydrogen-bond acceptors (Lipinski definition) is 4. The number of nitrogens with zero attached hydrogens (tertiary/aromatic N) is 1. The second-order valence-corrected chi connectivity index (χ2v) is 6.48. The molecule has 1 amide bonds. The Bertz CT molecular complexity index is 667. The van der Waals surface area contributed by atoms with Crippen LogP contribution in [0.1, 0.15) is 21.5 Å². The van der Waals surface area contributed by atoms with Crippen molar-refractivity contribution in [2.24, 2.45) is 5.73 Å². The average Bonchev–Trinajstić information content (AvgIpc) is 2.26. The molecule has 1 aromatic carbocycles. The Labute approximate surface area is 117 Å². The lowest BCUT2D eigenvalue weighted by molar-refractivity contribution is -0.118. The first-order chi connectivity index (χ1) is 9.07. The molecule has 0 radical (unpaired) electrons. The smallest absolute Gasteiger partial charge is 0.335 e. The van der Waals surface area contributed by atoms with Crippen LogP contribution in [0.4, 0.5) is 0 Å². The number of nitrogens with two attached hydrogens (primary N) is 1. The lowest BCUT2D eigenvalue weighted by atomic mass is 10.1. The summed E-state index contributed by atoms with van der Waals surface area (Å²) in [6.07, 6.45) is 0. The third-order valence-corrected chi connectivity index (χ3v) is 4.76. The highest BCUT2D eigenvalue weighted by Gasteiger charge is 2.25. The summed E-state index contributed by atoms with van der Waals surface area (Å²) in [5.74, 6) is -2.00. The van der Waals surface area contributed by atoms with E-state index in [1.54, 1.807) is 13.8 Å². The van der Waals surface area contributed by atoms with E-state index in [9.17, 15) is 18.0 Å². The molecule has 8 heteroatoms. The van der Waals surface area contributed by atoms with E-state index in [4.69, 9.17) is 10.8 Å². The third kappa shape index (κ3) is 3.14. The van der Waals surface area contributed by atoms with E-state index in [2.05, 4.69) is 0 Å². The van der Waals surface area contributed by atoms with Gasteiger partial charge in [-0.1, -0.05) is 6.07 Å². The van der Waals surface area contributed by atoms with Crippen LogP contribution < -0.4 is 5.73 Å². The minimum atomic E-state index is -3.97. The second kappa shape index (κ2) is 5.59. The van der Waals surface area contributed by atoms with Crippen molar-refractivity contribution in [3.63, 3.8) is 0 Å². The van der Waals surface area contributed by atoms with Crippen molar-refractivity contribution in [2.75, 3.05) is 13.6 Å². The van der Waals surface area contributed by atoms with E-state index >= 15 is 0 Å². The lowest BCUT2D eigenvalue weighted by Crippen LogP contribution is -2.35. The van der Waals surface area contributed by atoms with Crippen LogP contribution >= 0.6 is 0 Å². The zero-order valence-electron chi connectivity index (χ0n) is 11.4. The third-order valence-electron chi connectivity index (χ3n) is 2.82. The predicted molar refractivity (Wildman–Crippen MR) is 71.9 cm³/mol. The first-order valence-corrected chi connectivity index (χ1v) is 7.10. The van der Waals surface area contributed by atoms with Gasteiger partial charge in [0.15, 0.2) is 0 Å². The zero-order valence-corrected chi connectivity index (χ0v) is 12.2. The van der Waals surface area contributed by atoms with Crippen LogP contribution in [-0.4, -0.2) is 43.3 Å². The van der Waals surface area contributed by atoms with Crippen molar-refractivity contribution in [3.8, 4) is 0 Å². The standard InChI is InChI=1S/C12H16N2O5S/c1-7-4-8(2)10(5-9(7)12(16)17)20(18,19)14(3)6-11(13)15/h4-5H,6H2,1-3H3,(H2,13,15)(H,16,17). The topological polar surface area (TPSA) is 118 Å². The number of hydrogen-bond donors (Lipinski definition) is 2. The molecule has 0 unspecified atom stereocenters. The summed E-state index contributed by atoms with van der Waals surface area (Å²) in [6, 6.07) is 2.58. The van der Waals surface area contributed by atoms with E-state index in [0.717, 1.165) is 10.4 Å². The van der Waals surface area contributed by atoms with Crippen LogP contribution in [0.25, 0.3) is 0 Å². The van der Waals surface area contributed by atoms with Gasteiger partial charge in [0, 0.05) is 7.05 Å². The number of carboxylic acids is 1. The first kappa shape index (κ1) is 16.1. The van der Waals surface area contributed by atoms with Crippen LogP contribution in [0, 0.1) is 13.8 Å². The zero-order chi connectivity index (χ0) is 15.7. The minimum absolute atomic E-state index is 0.0957. The number of aryl methyl sites for hydroxylation is 2. The Balaban J connectivity index is 3.42. The normalized spacial score (nSPS) is 11.6. The molecule has 0 fully saturated rings. The predicted octanol–water partition coefficient (Wildman–Crippen LogP) is 0.107. The van der Waals surface area contributed by atoms with Gasteiger partial charge in [-0.25, -0.2) is 13.2 Å². The molecular weight excluding hydrogens is 284 g/mol. The van der Waals surface area contributed by atoms with Crippen LogP contribution in [0.3, 0.4) is 0 Å². The van der Waals surface area contributed by atoms with E-state index < -0.39 is 28.4 Å². The quantitative estimate of drug-likeness (QED) is 0.800. The van der Waals surface area contributed by atoms with Crippen molar-refractivity contribution in [1.82, 2.24) is 4.31 Å². The molecule has 0 aliphatic carbocycles. The van der Waals surface area contributed by atoms with Crippen molar-refractivity contribution in [2.45, 2.75) is 18.7 Å². The lowest BCUT2D eigenvalue weighted by Gasteiger charge is -2.18. The van der Waals surface area contributed by atoms with Crippen LogP contribution in [0.5, 0.6) is 0 Å². The Morgan fingerprint density at radius 3 is 2.25 bits per heavy atom. The molecule has 0 heterocycles. The molecule has 0 saturated carbocycles. The maximum Gasteiger partial charge on any atom is 0.335 e. The summed E-state index contributed by atoms with van der Waals surface area (Å²) >= 11 is 0. The fourth-order valence-electron chi connectivity index (χ4n) is 1.81. The highest BCUT2D eigenvalue weighted by Crippen LogP contribution is 2.23. The number of carbonyl (C=O) groups excluding carboxylic acids is 1. The number of amides is 1. The molecule has 0 atom stereocenters. The van der Waals surface area contributed by atoms with Crippen molar-refractivity contribution in [1.29, 1.82) is 0 Å². The van der Waals surface area contributed by atoms with Gasteiger partial charge in [-0.2, -0.15) is 4.31 Å². The SMILES string of the molecule is Cc1cc(C)c(S(=O)(=O)N(C)CC(N)=O)cc1C(=O)O. The number of aromatic carboxylic acids is 1. The molecule has 0 aromatic heterocycles. The van der Waals surface area contributed by atoms with Crippen LogP contribution in [0.2, 0.25) is 0 Å². The van der Waals surface area contributed by atoms with E-state index in [1.165, 1.54) is 13.1 Å². The van der Waals surface area contributed by atoms with Gasteiger partial charge < -0.3 is 10.8 Å². The summed E-state index contributed by atoms with van der Waals surface area (Å²) < 4.78 is 25.4. The first-order valence-electron chi connectivity index (χ1n) is 5.66. The molecule has 0 spiro atoms. The van der Waals surface area contributed by atoms with Gasteiger partial charge in [0.2, 0.25) is 15.9 Å². The average molecular weight is 300 g/mol. The van der Waals surface area contributed by atoms with E-state index in [1.807, 2.05) is 0 Å². The number of carbonyl (C=O) groups is 2. The van der Waals surface area contributed by atoms with Gasteiger partial charge in [0.1, 0.15) is 0 Å². The van der Waals surface area contributed by atoms with Crippen molar-refractivity contribution in [3.05, 3.63) is 28.8 Å². The van der Waals surface area contributed by atoms with Crippen LogP contribution in [0.15, 0.2) is 17.0 Å². The fourth-order valence-corrected chi connectivity index (χ4v) is 3.18. The van der Waals surface area contributed by atoms with E-state index in [0.29, 0.717) is 11.1 Å². The van der Waals surface area contributed by atoms with Crippen molar-refractivity contribution >= 4 is 21.9 Å². The molecule has 110 valence electrons. The summed E-state index contributed by atoms with van der Waals surface area (Å²) in [4.78, 5) is 21.8. The van der Waals surface area contributed by atoms with Gasteiger partial charge in [-0.3, -0.25) is 4.79 Å². The number of carboxylic acid groups (broad SMARTS) is 1. The molecule has 0 saturated heterocycles. The highest BCUT2D eigenvalue weighted by molar-refractivity contribution is 7.89. The molecule has 0 bridgehead atoms. The number of rotatable bonds is 5. The fraction of sp³-hybridized carbons (Fsp3) is 0.333. The molecule has 0 aliphatic heterocycles. The van der Waals surface area contributed by atoms with Crippen LogP contribution in [-0.2, 0) is 14.8 Å². The summed E-state index contributed by atoms with van der Waals surface area (Å²) in [5, 5.41) is 9.05. The summed E-state index contributed by atoms with van der Waals surface area (Å²) in [5.41, 5.74) is 5.74. The maximum atomic E-state index is 12.3. The number of sulfonamides is 1. The largest absolute Gasteiger partial charge is 0.478 e. The van der Waals surface area contributed by atoms with Gasteiger partial charge in [0.25, 0.3) is 0 Å². The Hall–Kier alpha value is -1.93. The molecule has 3 N–H and O–H groups in total. The van der Waals surface area contributed by atoms with Gasteiger partial charge in [0.05, 0.1) is 17.0 Å². The molecular formula is C12H16N2O5S. The summed E-state index contributed by atoms with van der Waals surface area (Å²) in [6.45, 7) is 2.67. The minimum Gasteiger partial charge on any atom is -0.478 e. The highest BCUT2D eigenvalue weighted by atomic mass is 32.2. The van der Waals surface area contributed by atoms with Gasteiger partial charge in [-0.05, 0) is 31.0 Å². The molecule has 0 aliphatic rings. The molecule has 7 nitrogen and oxygen atoms in total. The summed E-state index contributed by atoms with van der Waals surface area (Å²) in [7, 11) is -2.76. The van der Waals surface area contributed by atoms with Crippen molar-refractivity contribution < 1.29 is 23.1 Å². The molecule has 20 heavy (non-hydrogen) atoms. The van der Waals surface area contributed by atoms with Gasteiger partial charge in [-0.15, -0.1) is 0 Å². The Morgan fingerprint density at radius 2 is 1.80 bits per heavy atom. The molecule has 1 aromatic rings. The number of primary amides is 1. The Kier molecular flexibility index (Phi) is 4.51.